The summed E-state index contributed by atoms with van der Waals surface area (Å²) in [6, 6.07) is 1.65. The summed E-state index contributed by atoms with van der Waals surface area (Å²) in [5.41, 5.74) is 0.120. The molecule has 0 aliphatic heterocycles. The highest BCUT2D eigenvalue weighted by Gasteiger charge is 2.10. The Balaban J connectivity index is 2.88. The number of hydrogen-bond acceptors (Lipinski definition) is 2. The summed E-state index contributed by atoms with van der Waals surface area (Å²) in [5.74, 6) is -0.599. The van der Waals surface area contributed by atoms with Crippen molar-refractivity contribution in [1.29, 1.82) is 0 Å². The Hall–Kier alpha value is -0.680. The molecule has 2 aromatic heterocycles. The number of nitrogens with zero attached hydrogens (tertiary/aromatic N) is 3. The zero-order valence-corrected chi connectivity index (χ0v) is 7.97. The first-order valence-corrected chi connectivity index (χ1v) is 4.21. The highest BCUT2D eigenvalue weighted by Crippen LogP contribution is 2.17. The molecule has 0 radical (unpaired) electrons. The third kappa shape index (κ3) is 1.09. The average molecular weight is 250 g/mol. The number of fused-ring (bicyclic) bond motifs is 1. The van der Waals surface area contributed by atoms with E-state index in [4.69, 9.17) is 11.6 Å². The first-order chi connectivity index (χ1) is 5.68. The molecule has 2 heterocycles. The van der Waals surface area contributed by atoms with Crippen LogP contribution in [0.25, 0.3) is 5.65 Å². The van der Waals surface area contributed by atoms with E-state index >= 15 is 0 Å². The second-order valence-corrected chi connectivity index (χ2v) is 3.29. The van der Waals surface area contributed by atoms with Gasteiger partial charge in [-0.05, 0) is 22.0 Å². The smallest absolute Gasteiger partial charge is 0.206 e. The minimum Gasteiger partial charge on any atom is -0.219 e. The third-order valence-electron chi connectivity index (χ3n) is 1.36. The number of aromatic nitrogens is 3. The second kappa shape index (κ2) is 2.67. The van der Waals surface area contributed by atoms with Gasteiger partial charge in [0.15, 0.2) is 10.8 Å². The van der Waals surface area contributed by atoms with Gasteiger partial charge in [-0.2, -0.15) is 9.49 Å². The standard InChI is InChI=1S/C6H2BrClFN3/c7-3-1-2-12-6(10-3)4(9)5(8)11-12/h1-2H. The van der Waals surface area contributed by atoms with Crippen LogP contribution in [0.4, 0.5) is 4.39 Å². The number of halogens is 3. The molecular formula is C6H2BrClFN3. The van der Waals surface area contributed by atoms with Gasteiger partial charge >= 0.3 is 0 Å². The summed E-state index contributed by atoms with van der Waals surface area (Å²) >= 11 is 8.56. The molecule has 0 N–H and O–H groups in total. The van der Waals surface area contributed by atoms with Crippen LogP contribution in [-0.4, -0.2) is 14.6 Å². The summed E-state index contributed by atoms with van der Waals surface area (Å²) < 4.78 is 14.9. The van der Waals surface area contributed by atoms with Crippen LogP contribution in [0.3, 0.4) is 0 Å². The molecule has 3 nitrogen and oxygen atoms in total. The monoisotopic (exact) mass is 249 g/mol. The van der Waals surface area contributed by atoms with Crippen LogP contribution < -0.4 is 0 Å². The maximum atomic E-state index is 13.0. The third-order valence-corrected chi connectivity index (χ3v) is 2.04. The Kier molecular flexibility index (Phi) is 1.77. The van der Waals surface area contributed by atoms with Gasteiger partial charge in [0.1, 0.15) is 4.60 Å². The van der Waals surface area contributed by atoms with Crippen LogP contribution in [0.2, 0.25) is 5.15 Å². The molecule has 0 unspecified atom stereocenters. The van der Waals surface area contributed by atoms with E-state index in [1.54, 1.807) is 12.3 Å². The fraction of sp³-hybridized carbons (Fsp3) is 0. The Morgan fingerprint density at radius 1 is 1.58 bits per heavy atom. The normalized spacial score (nSPS) is 10.9. The van der Waals surface area contributed by atoms with Gasteiger partial charge in [-0.1, -0.05) is 11.6 Å². The fourth-order valence-corrected chi connectivity index (χ4v) is 1.31. The molecule has 62 valence electrons. The lowest BCUT2D eigenvalue weighted by molar-refractivity contribution is 0.636. The number of hydrogen-bond donors (Lipinski definition) is 0. The molecule has 0 aliphatic rings. The van der Waals surface area contributed by atoms with Gasteiger partial charge in [-0.25, -0.2) is 9.50 Å². The molecular weight excluding hydrogens is 248 g/mol. The van der Waals surface area contributed by atoms with E-state index in [0.717, 1.165) is 0 Å². The lowest BCUT2D eigenvalue weighted by atomic mass is 10.6. The van der Waals surface area contributed by atoms with Crippen molar-refractivity contribution in [3.8, 4) is 0 Å². The average Bonchev–Trinajstić information content (AvgIpc) is 2.31. The molecule has 0 aromatic carbocycles. The molecule has 2 aromatic rings. The van der Waals surface area contributed by atoms with Crippen molar-refractivity contribution in [2.45, 2.75) is 0 Å². The van der Waals surface area contributed by atoms with Gasteiger partial charge in [0, 0.05) is 6.20 Å². The maximum absolute atomic E-state index is 13.0. The van der Waals surface area contributed by atoms with E-state index in [1.807, 2.05) is 0 Å². The Bertz CT molecular complexity index is 442. The van der Waals surface area contributed by atoms with Crippen molar-refractivity contribution in [1.82, 2.24) is 14.6 Å². The summed E-state index contributed by atoms with van der Waals surface area (Å²) in [4.78, 5) is 3.85. The van der Waals surface area contributed by atoms with Crippen molar-refractivity contribution >= 4 is 33.2 Å². The molecule has 2 rings (SSSR count). The van der Waals surface area contributed by atoms with Gasteiger partial charge in [0.2, 0.25) is 5.82 Å². The quantitative estimate of drug-likeness (QED) is 0.672. The van der Waals surface area contributed by atoms with Gasteiger partial charge in [0.05, 0.1) is 0 Å². The SMILES string of the molecule is Fc1c(Cl)nn2ccc(Br)nc12. The zero-order chi connectivity index (χ0) is 8.72. The van der Waals surface area contributed by atoms with Gasteiger partial charge < -0.3 is 0 Å². The van der Waals surface area contributed by atoms with Crippen molar-refractivity contribution in [3.63, 3.8) is 0 Å². The summed E-state index contributed by atoms with van der Waals surface area (Å²) in [6.45, 7) is 0. The van der Waals surface area contributed by atoms with Gasteiger partial charge in [-0.3, -0.25) is 0 Å². The van der Waals surface area contributed by atoms with E-state index in [9.17, 15) is 4.39 Å². The van der Waals surface area contributed by atoms with Crippen molar-refractivity contribution in [3.05, 3.63) is 27.8 Å². The van der Waals surface area contributed by atoms with Crippen LogP contribution >= 0.6 is 27.5 Å². The molecule has 0 bridgehead atoms. The first kappa shape index (κ1) is 7.94. The highest BCUT2D eigenvalue weighted by molar-refractivity contribution is 9.10. The molecule has 0 saturated heterocycles. The zero-order valence-electron chi connectivity index (χ0n) is 5.63. The second-order valence-electron chi connectivity index (χ2n) is 2.12. The largest absolute Gasteiger partial charge is 0.219 e. The van der Waals surface area contributed by atoms with Crippen LogP contribution in [0.5, 0.6) is 0 Å². The first-order valence-electron chi connectivity index (χ1n) is 3.04. The predicted octanol–water partition coefficient (Wildman–Crippen LogP) is 2.28. The van der Waals surface area contributed by atoms with Crippen LogP contribution in [-0.2, 0) is 0 Å². The fourth-order valence-electron chi connectivity index (χ4n) is 0.853. The Morgan fingerprint density at radius 3 is 3.08 bits per heavy atom. The van der Waals surface area contributed by atoms with Crippen LogP contribution in [0.1, 0.15) is 0 Å². The minimum atomic E-state index is -0.599. The topological polar surface area (TPSA) is 30.2 Å². The lowest BCUT2D eigenvalue weighted by Gasteiger charge is -1.90. The molecule has 0 spiro atoms. The predicted molar refractivity (Wildman–Crippen MR) is 45.7 cm³/mol. The molecule has 0 saturated carbocycles. The van der Waals surface area contributed by atoms with Gasteiger partial charge in [0.25, 0.3) is 0 Å². The molecule has 0 amide bonds. The van der Waals surface area contributed by atoms with E-state index in [0.29, 0.717) is 4.60 Å². The van der Waals surface area contributed by atoms with Crippen LogP contribution in [0, 0.1) is 5.82 Å². The highest BCUT2D eigenvalue weighted by atomic mass is 79.9. The van der Waals surface area contributed by atoms with Crippen molar-refractivity contribution < 1.29 is 4.39 Å². The maximum Gasteiger partial charge on any atom is 0.206 e. The molecule has 0 aliphatic carbocycles. The van der Waals surface area contributed by atoms with E-state index in [1.165, 1.54) is 4.52 Å². The van der Waals surface area contributed by atoms with E-state index in [-0.39, 0.29) is 10.8 Å². The Labute approximate surface area is 80.3 Å². The van der Waals surface area contributed by atoms with Crippen LogP contribution in [0.15, 0.2) is 16.9 Å². The van der Waals surface area contributed by atoms with Gasteiger partial charge in [-0.15, -0.1) is 0 Å². The molecule has 0 fully saturated rings. The van der Waals surface area contributed by atoms with Crippen molar-refractivity contribution in [2.75, 3.05) is 0 Å². The van der Waals surface area contributed by atoms with E-state index in [2.05, 4.69) is 26.0 Å². The lowest BCUT2D eigenvalue weighted by Crippen LogP contribution is -1.89. The molecule has 0 atom stereocenters. The Morgan fingerprint density at radius 2 is 2.33 bits per heavy atom. The summed E-state index contributed by atoms with van der Waals surface area (Å²) in [5, 5.41) is 3.51. The molecule has 12 heavy (non-hydrogen) atoms. The minimum absolute atomic E-state index is 0.120. The van der Waals surface area contributed by atoms with Crippen molar-refractivity contribution in [2.24, 2.45) is 0 Å². The summed E-state index contributed by atoms with van der Waals surface area (Å²) in [7, 11) is 0. The molecule has 6 heteroatoms. The summed E-state index contributed by atoms with van der Waals surface area (Å²) in [6.07, 6.45) is 1.57. The number of rotatable bonds is 0. The van der Waals surface area contributed by atoms with E-state index < -0.39 is 5.82 Å².